The maximum absolute atomic E-state index is 12.2. The van der Waals surface area contributed by atoms with Crippen LogP contribution in [-0.2, 0) is 43.2 Å². The van der Waals surface area contributed by atoms with Gasteiger partial charge in [0.05, 0.1) is 15.5 Å². The minimum absolute atomic E-state index is 0.00596. The van der Waals surface area contributed by atoms with Crippen LogP contribution in [0.15, 0.2) is 69.1 Å². The van der Waals surface area contributed by atoms with Crippen molar-refractivity contribution < 1.29 is 34.4 Å². The van der Waals surface area contributed by atoms with E-state index >= 15 is 0 Å². The number of nitrogens with two attached hydrogens (primary N) is 1. The van der Waals surface area contributed by atoms with Crippen molar-refractivity contribution in [3.05, 3.63) is 65.6 Å². The highest BCUT2D eigenvalue weighted by atomic mass is 32.2. The van der Waals surface area contributed by atoms with Crippen molar-refractivity contribution in [2.75, 3.05) is 10.6 Å². The molecule has 3 aromatic carbocycles. The highest BCUT2D eigenvalue weighted by Crippen LogP contribution is 2.40. The van der Waals surface area contributed by atoms with E-state index in [1.807, 2.05) is 0 Å². The number of hydrogen-bond donors (Lipinski definition) is 3. The van der Waals surface area contributed by atoms with Crippen LogP contribution in [0.2, 0.25) is 0 Å². The minimum Gasteiger partial charge on any atom is -0.397 e. The Morgan fingerprint density at radius 3 is 2.09 bits per heavy atom. The van der Waals surface area contributed by atoms with Crippen LogP contribution in [0, 0.1) is 0 Å². The first-order valence-electron chi connectivity index (χ1n) is 9.28. The van der Waals surface area contributed by atoms with Gasteiger partial charge in [0.2, 0.25) is 0 Å². The van der Waals surface area contributed by atoms with Crippen LogP contribution in [0.25, 0.3) is 10.8 Å². The van der Waals surface area contributed by atoms with Crippen molar-refractivity contribution >= 4 is 52.2 Å². The Morgan fingerprint density at radius 2 is 1.52 bits per heavy atom. The van der Waals surface area contributed by atoms with Gasteiger partial charge in [0.25, 0.3) is 20.2 Å². The number of sulfone groups is 1. The predicted molar refractivity (Wildman–Crippen MR) is 122 cm³/mol. The molecule has 10 nitrogen and oxygen atoms in total. The van der Waals surface area contributed by atoms with Crippen LogP contribution in [0.1, 0.15) is 11.1 Å². The fraction of sp³-hybridized carbons (Fsp3) is 0.100. The van der Waals surface area contributed by atoms with E-state index in [1.165, 1.54) is 30.3 Å². The summed E-state index contributed by atoms with van der Waals surface area (Å²) >= 11 is 0. The molecule has 13 heteroatoms. The zero-order valence-electron chi connectivity index (χ0n) is 16.8. The van der Waals surface area contributed by atoms with Crippen molar-refractivity contribution in [1.82, 2.24) is 0 Å². The van der Waals surface area contributed by atoms with Crippen molar-refractivity contribution in [3.8, 4) is 0 Å². The molecular formula is C20H18N2O8S3. The van der Waals surface area contributed by atoms with E-state index in [2.05, 4.69) is 6.58 Å². The van der Waals surface area contributed by atoms with Gasteiger partial charge in [0.15, 0.2) is 9.84 Å². The lowest BCUT2D eigenvalue weighted by atomic mass is 9.93. The monoisotopic (exact) mass is 510 g/mol. The lowest BCUT2D eigenvalue weighted by molar-refractivity contribution is 0.481. The molecule has 0 saturated carbocycles. The Morgan fingerprint density at radius 1 is 0.879 bits per heavy atom. The molecule has 0 radical (unpaired) electrons. The Hall–Kier alpha value is -2.97. The summed E-state index contributed by atoms with van der Waals surface area (Å²) in [7, 11) is -13.1. The first-order valence-corrected chi connectivity index (χ1v) is 13.7. The quantitative estimate of drug-likeness (QED) is 0.342. The van der Waals surface area contributed by atoms with Crippen molar-refractivity contribution in [2.45, 2.75) is 27.8 Å². The first-order chi connectivity index (χ1) is 15.2. The number of rotatable bonds is 5. The Balaban J connectivity index is 1.98. The summed E-state index contributed by atoms with van der Waals surface area (Å²) in [6.45, 7) is 3.52. The van der Waals surface area contributed by atoms with E-state index in [4.69, 9.17) is 5.73 Å². The topological polar surface area (TPSA) is 172 Å². The van der Waals surface area contributed by atoms with Gasteiger partial charge in [-0.3, -0.25) is 9.11 Å². The van der Waals surface area contributed by atoms with Crippen LogP contribution >= 0.6 is 0 Å². The van der Waals surface area contributed by atoms with Gasteiger partial charge < -0.3 is 10.6 Å². The molecule has 0 saturated heterocycles. The predicted octanol–water partition coefficient (Wildman–Crippen LogP) is 2.35. The van der Waals surface area contributed by atoms with E-state index < -0.39 is 39.9 Å². The van der Waals surface area contributed by atoms with Crippen LogP contribution in [-0.4, -0.2) is 34.4 Å². The summed E-state index contributed by atoms with van der Waals surface area (Å²) in [5, 5.41) is 1.35. The molecule has 1 heterocycles. The molecule has 0 amide bonds. The third-order valence-corrected chi connectivity index (χ3v) is 8.48. The fourth-order valence-electron chi connectivity index (χ4n) is 3.92. The first kappa shape index (κ1) is 23.2. The third-order valence-electron chi connectivity index (χ3n) is 5.40. The average molecular weight is 511 g/mol. The number of benzene rings is 3. The lowest BCUT2D eigenvalue weighted by Crippen LogP contribution is -2.27. The summed E-state index contributed by atoms with van der Waals surface area (Å²) in [5.41, 5.74) is 6.88. The summed E-state index contributed by atoms with van der Waals surface area (Å²) in [4.78, 5) is 0.582. The summed E-state index contributed by atoms with van der Waals surface area (Å²) in [6.07, 6.45) is 0. The summed E-state index contributed by atoms with van der Waals surface area (Å²) < 4.78 is 91.1. The van der Waals surface area contributed by atoms with Crippen molar-refractivity contribution in [1.29, 1.82) is 0 Å². The van der Waals surface area contributed by atoms with E-state index in [1.54, 1.807) is 11.0 Å². The average Bonchev–Trinajstić information content (AvgIpc) is 2.74. The molecular weight excluding hydrogens is 492 g/mol. The number of nitrogen functional groups attached to an aromatic ring is 1. The van der Waals surface area contributed by atoms with Crippen molar-refractivity contribution in [3.63, 3.8) is 0 Å². The van der Waals surface area contributed by atoms with Gasteiger partial charge in [-0.2, -0.15) is 16.8 Å². The molecule has 1 aliphatic rings. The highest BCUT2D eigenvalue weighted by molar-refractivity contribution is 7.94. The highest BCUT2D eigenvalue weighted by Gasteiger charge is 2.28. The number of anilines is 2. The number of hydrogen-bond acceptors (Lipinski definition) is 8. The Bertz CT molecular complexity index is 1650. The summed E-state index contributed by atoms with van der Waals surface area (Å²) in [6, 6.07) is 9.45. The van der Waals surface area contributed by atoms with Crippen LogP contribution in [0.5, 0.6) is 0 Å². The molecule has 0 aliphatic carbocycles. The zero-order valence-corrected chi connectivity index (χ0v) is 19.3. The molecule has 0 bridgehead atoms. The third kappa shape index (κ3) is 4.09. The largest absolute Gasteiger partial charge is 0.397 e. The lowest BCUT2D eigenvalue weighted by Gasteiger charge is -2.32. The SMILES string of the molecule is C=CS(=O)(=O)c1cccc(N2Cc3cc(S(=O)(=O)O)cc4c(N)c(S(=O)(=O)O)cc(c34)C2)c1. The second-order valence-electron chi connectivity index (χ2n) is 7.47. The molecule has 0 spiro atoms. The molecule has 0 atom stereocenters. The summed E-state index contributed by atoms with van der Waals surface area (Å²) in [5.74, 6) is 0. The zero-order chi connectivity index (χ0) is 24.3. The van der Waals surface area contributed by atoms with Gasteiger partial charge in [-0.25, -0.2) is 8.42 Å². The fourth-order valence-corrected chi connectivity index (χ4v) is 5.90. The van der Waals surface area contributed by atoms with Gasteiger partial charge in [-0.15, -0.1) is 0 Å². The Labute approximate surface area is 190 Å². The van der Waals surface area contributed by atoms with E-state index in [-0.39, 0.29) is 29.1 Å². The van der Waals surface area contributed by atoms with Gasteiger partial charge in [0.1, 0.15) is 4.90 Å². The molecule has 4 N–H and O–H groups in total. The smallest absolute Gasteiger partial charge is 0.296 e. The number of nitrogens with zero attached hydrogens (tertiary/aromatic N) is 1. The second kappa shape index (κ2) is 7.53. The second-order valence-corrected chi connectivity index (χ2v) is 12.2. The van der Waals surface area contributed by atoms with E-state index in [0.29, 0.717) is 22.2 Å². The molecule has 174 valence electrons. The van der Waals surface area contributed by atoms with Crippen LogP contribution in [0.4, 0.5) is 11.4 Å². The molecule has 33 heavy (non-hydrogen) atoms. The van der Waals surface area contributed by atoms with E-state index in [9.17, 15) is 34.4 Å². The maximum Gasteiger partial charge on any atom is 0.296 e. The maximum atomic E-state index is 12.2. The standard InChI is InChI=1S/C20H18N2O8S3/c1-2-31(23,24)15-5-3-4-14(8-15)22-10-12-6-16(32(25,26)27)9-17-19(12)13(11-22)7-18(20(17)21)33(28,29)30/h2-9H,1,10-11,21H2,(H,25,26,27)(H,28,29,30). The van der Waals surface area contributed by atoms with Crippen LogP contribution < -0.4 is 10.6 Å². The van der Waals surface area contributed by atoms with Crippen LogP contribution in [0.3, 0.4) is 0 Å². The molecule has 0 aromatic heterocycles. The molecule has 0 unspecified atom stereocenters. The molecule has 4 rings (SSSR count). The molecule has 1 aliphatic heterocycles. The van der Waals surface area contributed by atoms with Gasteiger partial charge in [-0.05, 0) is 52.9 Å². The van der Waals surface area contributed by atoms with Gasteiger partial charge in [0, 0.05) is 29.6 Å². The Kier molecular flexibility index (Phi) is 5.29. The molecule has 3 aromatic rings. The normalized spacial score (nSPS) is 14.4. The van der Waals surface area contributed by atoms with E-state index in [0.717, 1.165) is 11.5 Å². The molecule has 0 fully saturated rings. The van der Waals surface area contributed by atoms with Crippen molar-refractivity contribution in [2.24, 2.45) is 0 Å². The van der Waals surface area contributed by atoms with Gasteiger partial charge >= 0.3 is 0 Å². The minimum atomic E-state index is -4.75. The van der Waals surface area contributed by atoms with Gasteiger partial charge in [-0.1, -0.05) is 12.6 Å².